The highest BCUT2D eigenvalue weighted by atomic mass is 32.2. The first-order valence-electron chi connectivity index (χ1n) is 9.84. The van der Waals surface area contributed by atoms with Gasteiger partial charge in [0.25, 0.3) is 0 Å². The van der Waals surface area contributed by atoms with Crippen molar-refractivity contribution >= 4 is 15.9 Å². The third-order valence-corrected chi connectivity index (χ3v) is 9.02. The number of aryl methyl sites for hydroxylation is 2. The van der Waals surface area contributed by atoms with Gasteiger partial charge in [-0.05, 0) is 73.1 Å². The minimum atomic E-state index is -3.59. The van der Waals surface area contributed by atoms with E-state index in [4.69, 9.17) is 0 Å². The van der Waals surface area contributed by atoms with Gasteiger partial charge in [-0.2, -0.15) is 0 Å². The molecule has 0 aromatic heterocycles. The molecule has 5 nitrogen and oxygen atoms in total. The quantitative estimate of drug-likeness (QED) is 0.780. The van der Waals surface area contributed by atoms with Crippen LogP contribution in [0.2, 0.25) is 0 Å². The molecular weight excluding hydrogens is 360 g/mol. The smallest absolute Gasteiger partial charge is 0.240 e. The fraction of sp³-hybridized carbons (Fsp3) is 0.667. The molecule has 1 aromatic carbocycles. The molecule has 2 bridgehead atoms. The molecule has 3 rings (SSSR count). The number of hydrogen-bond acceptors (Lipinski definition) is 3. The second kappa shape index (κ2) is 6.89. The zero-order valence-corrected chi connectivity index (χ0v) is 17.9. The Hall–Kier alpha value is -1.40. The number of fused-ring (bicyclic) bond motifs is 2. The zero-order chi connectivity index (χ0) is 20.0. The van der Waals surface area contributed by atoms with Crippen LogP contribution in [-0.4, -0.2) is 26.9 Å². The number of carbonyl (C=O) groups is 1. The summed E-state index contributed by atoms with van der Waals surface area (Å²) >= 11 is 0. The highest BCUT2D eigenvalue weighted by molar-refractivity contribution is 7.89. The van der Waals surface area contributed by atoms with Crippen molar-refractivity contribution in [3.8, 4) is 0 Å². The number of nitrogens with one attached hydrogen (secondary N) is 2. The van der Waals surface area contributed by atoms with Gasteiger partial charge >= 0.3 is 0 Å². The van der Waals surface area contributed by atoms with Gasteiger partial charge < -0.3 is 5.32 Å². The molecule has 3 atom stereocenters. The Balaban J connectivity index is 1.54. The SMILES string of the molecule is Cc1ccc(S(=O)(=O)NCCC(=O)NC2CC3CCC2(C)C3(C)C)cc1C. The number of sulfonamides is 1. The van der Waals surface area contributed by atoms with Gasteiger partial charge in [0.05, 0.1) is 4.90 Å². The average Bonchev–Trinajstić information content (AvgIpc) is 2.90. The van der Waals surface area contributed by atoms with Crippen LogP contribution < -0.4 is 10.0 Å². The van der Waals surface area contributed by atoms with Crippen LogP contribution in [0.3, 0.4) is 0 Å². The molecule has 0 saturated heterocycles. The van der Waals surface area contributed by atoms with E-state index in [0.29, 0.717) is 5.92 Å². The van der Waals surface area contributed by atoms with Crippen molar-refractivity contribution in [1.82, 2.24) is 10.0 Å². The number of hydrogen-bond donors (Lipinski definition) is 2. The summed E-state index contributed by atoms with van der Waals surface area (Å²) in [5, 5.41) is 3.18. The molecule has 6 heteroatoms. The molecular formula is C21H32N2O3S. The van der Waals surface area contributed by atoms with Gasteiger partial charge in [-0.15, -0.1) is 0 Å². The summed E-state index contributed by atoms with van der Waals surface area (Å²) in [4.78, 5) is 12.6. The summed E-state index contributed by atoms with van der Waals surface area (Å²) in [5.41, 5.74) is 2.36. The van der Waals surface area contributed by atoms with Gasteiger partial charge in [-0.1, -0.05) is 26.8 Å². The van der Waals surface area contributed by atoms with Crippen LogP contribution in [0.15, 0.2) is 23.1 Å². The third kappa shape index (κ3) is 3.54. The van der Waals surface area contributed by atoms with Gasteiger partial charge in [0, 0.05) is 19.0 Å². The molecule has 0 spiro atoms. The van der Waals surface area contributed by atoms with E-state index in [1.54, 1.807) is 18.2 Å². The lowest BCUT2D eigenvalue weighted by Crippen LogP contribution is -2.47. The maximum absolute atomic E-state index is 12.4. The summed E-state index contributed by atoms with van der Waals surface area (Å²) in [6, 6.07) is 5.25. The van der Waals surface area contributed by atoms with E-state index in [2.05, 4.69) is 30.8 Å². The second-order valence-electron chi connectivity index (χ2n) is 9.12. The molecule has 0 heterocycles. The molecule has 1 aromatic rings. The fourth-order valence-corrected chi connectivity index (χ4v) is 6.07. The van der Waals surface area contributed by atoms with Crippen molar-refractivity contribution < 1.29 is 13.2 Å². The van der Waals surface area contributed by atoms with E-state index in [-0.39, 0.29) is 40.6 Å². The van der Waals surface area contributed by atoms with E-state index in [0.717, 1.165) is 24.0 Å². The molecule has 2 saturated carbocycles. The van der Waals surface area contributed by atoms with Crippen molar-refractivity contribution in [2.24, 2.45) is 16.7 Å². The molecule has 27 heavy (non-hydrogen) atoms. The Morgan fingerprint density at radius 1 is 1.19 bits per heavy atom. The van der Waals surface area contributed by atoms with Gasteiger partial charge in [0.15, 0.2) is 0 Å². The Kier molecular flexibility index (Phi) is 5.19. The van der Waals surface area contributed by atoms with Crippen LogP contribution in [0.5, 0.6) is 0 Å². The summed E-state index contributed by atoms with van der Waals surface area (Å²) < 4.78 is 27.4. The maximum atomic E-state index is 12.4. The van der Waals surface area contributed by atoms with Gasteiger partial charge in [0.2, 0.25) is 15.9 Å². The van der Waals surface area contributed by atoms with Crippen molar-refractivity contribution in [3.63, 3.8) is 0 Å². The molecule has 0 aliphatic heterocycles. The first-order chi connectivity index (χ1) is 12.5. The van der Waals surface area contributed by atoms with Crippen molar-refractivity contribution in [2.45, 2.75) is 71.2 Å². The van der Waals surface area contributed by atoms with Gasteiger partial charge in [-0.3, -0.25) is 4.79 Å². The molecule has 2 fully saturated rings. The van der Waals surface area contributed by atoms with Crippen molar-refractivity contribution in [2.75, 3.05) is 6.54 Å². The third-order valence-electron chi connectivity index (χ3n) is 7.56. The molecule has 3 unspecified atom stereocenters. The second-order valence-corrected chi connectivity index (χ2v) is 10.9. The summed E-state index contributed by atoms with van der Waals surface area (Å²) in [7, 11) is -3.59. The molecule has 1 amide bonds. The van der Waals surface area contributed by atoms with E-state index < -0.39 is 10.0 Å². The monoisotopic (exact) mass is 392 g/mol. The lowest BCUT2D eigenvalue weighted by atomic mass is 9.69. The zero-order valence-electron chi connectivity index (χ0n) is 17.1. The first kappa shape index (κ1) is 20.3. The predicted molar refractivity (Wildman–Crippen MR) is 107 cm³/mol. The summed E-state index contributed by atoms with van der Waals surface area (Å²) in [6.07, 6.45) is 3.58. The van der Waals surface area contributed by atoms with E-state index in [1.807, 2.05) is 13.8 Å². The van der Waals surface area contributed by atoms with E-state index in [1.165, 1.54) is 6.42 Å². The topological polar surface area (TPSA) is 75.3 Å². The normalized spacial score (nSPS) is 29.1. The first-order valence-corrected chi connectivity index (χ1v) is 11.3. The highest BCUT2D eigenvalue weighted by Crippen LogP contribution is 2.65. The molecule has 150 valence electrons. The number of rotatable bonds is 6. The minimum Gasteiger partial charge on any atom is -0.353 e. The lowest BCUT2D eigenvalue weighted by molar-refractivity contribution is -0.122. The minimum absolute atomic E-state index is 0.0765. The Morgan fingerprint density at radius 3 is 2.44 bits per heavy atom. The Labute approximate surface area is 163 Å². The van der Waals surface area contributed by atoms with Crippen LogP contribution in [0.1, 0.15) is 57.6 Å². The standard InChI is InChI=1S/C21H32N2O3S/c1-14-6-7-17(12-15(14)2)27(25,26)22-11-9-19(24)23-18-13-16-8-10-21(18,5)20(16,3)4/h6-7,12,16,18,22H,8-11,13H2,1-5H3,(H,23,24). The van der Waals surface area contributed by atoms with Gasteiger partial charge in [0.1, 0.15) is 0 Å². The molecule has 2 N–H and O–H groups in total. The molecule has 2 aliphatic carbocycles. The maximum Gasteiger partial charge on any atom is 0.240 e. The Morgan fingerprint density at radius 2 is 1.89 bits per heavy atom. The highest BCUT2D eigenvalue weighted by Gasteiger charge is 2.61. The van der Waals surface area contributed by atoms with Gasteiger partial charge in [-0.25, -0.2) is 13.1 Å². The predicted octanol–water partition coefficient (Wildman–Crippen LogP) is 3.30. The van der Waals surface area contributed by atoms with E-state index >= 15 is 0 Å². The van der Waals surface area contributed by atoms with Crippen LogP contribution in [0.25, 0.3) is 0 Å². The molecule has 0 radical (unpaired) electrons. The van der Waals surface area contributed by atoms with Crippen LogP contribution in [-0.2, 0) is 14.8 Å². The van der Waals surface area contributed by atoms with Crippen molar-refractivity contribution in [3.05, 3.63) is 29.3 Å². The number of amides is 1. The van der Waals surface area contributed by atoms with Crippen LogP contribution in [0.4, 0.5) is 0 Å². The summed E-state index contributed by atoms with van der Waals surface area (Å²) in [6.45, 7) is 10.9. The largest absolute Gasteiger partial charge is 0.353 e. The average molecular weight is 393 g/mol. The van der Waals surface area contributed by atoms with Crippen molar-refractivity contribution in [1.29, 1.82) is 0 Å². The number of carbonyl (C=O) groups excluding carboxylic acids is 1. The van der Waals surface area contributed by atoms with E-state index in [9.17, 15) is 13.2 Å². The van der Waals surface area contributed by atoms with Crippen LogP contribution in [0, 0.1) is 30.6 Å². The van der Waals surface area contributed by atoms with Crippen LogP contribution >= 0.6 is 0 Å². The lowest BCUT2D eigenvalue weighted by Gasteiger charge is -2.39. The fourth-order valence-electron chi connectivity index (χ4n) is 4.95. The number of benzene rings is 1. The Bertz CT molecular complexity index is 847. The molecule has 2 aliphatic rings. The summed E-state index contributed by atoms with van der Waals surface area (Å²) in [5.74, 6) is 0.587.